The van der Waals surface area contributed by atoms with Gasteiger partial charge in [-0.25, -0.2) is 4.79 Å². The van der Waals surface area contributed by atoms with Crippen LogP contribution in [0.5, 0.6) is 0 Å². The van der Waals surface area contributed by atoms with E-state index in [9.17, 15) is 9.59 Å². The molecule has 20 heavy (non-hydrogen) atoms. The monoisotopic (exact) mass is 401 g/mol. The summed E-state index contributed by atoms with van der Waals surface area (Å²) in [5, 5.41) is 11.6. The molecule has 4 nitrogen and oxygen atoms in total. The van der Waals surface area contributed by atoms with Gasteiger partial charge in [-0.2, -0.15) is 0 Å². The number of amides is 1. The number of unbranched alkanes of at least 4 members (excludes halogenated alkanes) is 1. The van der Waals surface area contributed by atoms with Gasteiger partial charge >= 0.3 is 5.97 Å². The molecule has 6 heteroatoms. The molecule has 0 aliphatic carbocycles. The van der Waals surface area contributed by atoms with Gasteiger partial charge in [0.05, 0.1) is 0 Å². The maximum atomic E-state index is 12.0. The summed E-state index contributed by atoms with van der Waals surface area (Å²) in [5.41, 5.74) is 0.384. The minimum atomic E-state index is -1.07. The minimum absolute atomic E-state index is 0.306. The summed E-state index contributed by atoms with van der Waals surface area (Å²) in [6.45, 7) is 0. The Bertz CT molecular complexity index is 532. The molecule has 0 saturated carbocycles. The van der Waals surface area contributed by atoms with Crippen molar-refractivity contribution in [1.29, 1.82) is 0 Å². The zero-order chi connectivity index (χ0) is 15.1. The lowest BCUT2D eigenvalue weighted by molar-refractivity contribution is -0.139. The van der Waals surface area contributed by atoms with Crippen LogP contribution in [-0.2, 0) is 4.79 Å². The highest BCUT2D eigenvalue weighted by Gasteiger charge is 2.20. The molecule has 0 aliphatic rings. The number of hydrogen-bond donors (Lipinski definition) is 2. The topological polar surface area (TPSA) is 66.4 Å². The van der Waals surface area contributed by atoms with Crippen LogP contribution < -0.4 is 5.32 Å². The molecule has 106 valence electrons. The molecule has 1 aromatic rings. The van der Waals surface area contributed by atoms with E-state index in [0.29, 0.717) is 24.8 Å². The Morgan fingerprint density at radius 2 is 1.90 bits per heavy atom. The number of carboxylic acids is 1. The Balaban J connectivity index is 2.75. The Morgan fingerprint density at radius 3 is 2.40 bits per heavy atom. The highest BCUT2D eigenvalue weighted by molar-refractivity contribution is 9.11. The van der Waals surface area contributed by atoms with Crippen molar-refractivity contribution in [3.05, 3.63) is 32.7 Å². The summed E-state index contributed by atoms with van der Waals surface area (Å²) in [5.74, 6) is 0.948. The molecule has 1 amide bonds. The van der Waals surface area contributed by atoms with E-state index in [1.165, 1.54) is 0 Å². The Kier molecular flexibility index (Phi) is 6.76. The van der Waals surface area contributed by atoms with E-state index in [1.807, 2.05) is 0 Å². The first-order valence-corrected chi connectivity index (χ1v) is 7.46. The SMILES string of the molecule is C#CCCC[C@H](NC(=O)c1cc(Br)cc(Br)c1)C(=O)O. The predicted molar refractivity (Wildman–Crippen MR) is 83.4 cm³/mol. The van der Waals surface area contributed by atoms with Crippen LogP contribution in [0.2, 0.25) is 0 Å². The largest absolute Gasteiger partial charge is 0.480 e. The average molecular weight is 403 g/mol. The number of nitrogens with one attached hydrogen (secondary N) is 1. The Hall–Kier alpha value is -1.32. The van der Waals surface area contributed by atoms with Gasteiger partial charge < -0.3 is 10.4 Å². The van der Waals surface area contributed by atoms with Crippen molar-refractivity contribution in [2.24, 2.45) is 0 Å². The number of hydrogen-bond acceptors (Lipinski definition) is 2. The van der Waals surface area contributed by atoms with Crippen molar-refractivity contribution in [2.75, 3.05) is 0 Å². The molecular weight excluding hydrogens is 390 g/mol. The van der Waals surface area contributed by atoms with E-state index in [0.717, 1.165) is 8.95 Å². The van der Waals surface area contributed by atoms with Crippen LogP contribution in [0.3, 0.4) is 0 Å². The lowest BCUT2D eigenvalue weighted by Gasteiger charge is -2.14. The zero-order valence-electron chi connectivity index (χ0n) is 10.5. The Morgan fingerprint density at radius 1 is 1.30 bits per heavy atom. The second kappa shape index (κ2) is 8.08. The third-order valence-electron chi connectivity index (χ3n) is 2.54. The first-order valence-electron chi connectivity index (χ1n) is 5.87. The molecule has 0 aromatic heterocycles. The predicted octanol–water partition coefficient (Wildman–Crippen LogP) is 3.20. The molecule has 2 N–H and O–H groups in total. The van der Waals surface area contributed by atoms with E-state index >= 15 is 0 Å². The molecule has 0 saturated heterocycles. The van der Waals surface area contributed by atoms with Crippen molar-refractivity contribution in [3.63, 3.8) is 0 Å². The smallest absolute Gasteiger partial charge is 0.326 e. The van der Waals surface area contributed by atoms with Gasteiger partial charge in [0.25, 0.3) is 5.91 Å². The van der Waals surface area contributed by atoms with Crippen molar-refractivity contribution in [1.82, 2.24) is 5.32 Å². The van der Waals surface area contributed by atoms with Crippen LogP contribution in [0.25, 0.3) is 0 Å². The van der Waals surface area contributed by atoms with E-state index in [4.69, 9.17) is 11.5 Å². The van der Waals surface area contributed by atoms with Crippen LogP contribution in [0, 0.1) is 12.3 Å². The normalized spacial score (nSPS) is 11.4. The van der Waals surface area contributed by atoms with Crippen molar-refractivity contribution < 1.29 is 14.7 Å². The van der Waals surface area contributed by atoms with Crippen LogP contribution in [0.15, 0.2) is 27.1 Å². The quantitative estimate of drug-likeness (QED) is 0.567. The Labute approximate surface area is 134 Å². The number of aliphatic carboxylic acids is 1. The highest BCUT2D eigenvalue weighted by atomic mass is 79.9. The van der Waals surface area contributed by atoms with Gasteiger partial charge in [0.15, 0.2) is 0 Å². The maximum Gasteiger partial charge on any atom is 0.326 e. The number of carboxylic acid groups (broad SMARTS) is 1. The van der Waals surface area contributed by atoms with Gasteiger partial charge in [-0.1, -0.05) is 31.9 Å². The standard InChI is InChI=1S/C14H13Br2NO3/c1-2-3-4-5-12(14(19)20)17-13(18)9-6-10(15)8-11(16)7-9/h1,6-8,12H,3-5H2,(H,17,18)(H,19,20)/t12-/m0/s1. The number of rotatable bonds is 6. The van der Waals surface area contributed by atoms with Crippen LogP contribution in [0.1, 0.15) is 29.6 Å². The summed E-state index contributed by atoms with van der Waals surface area (Å²) >= 11 is 6.56. The molecule has 1 aromatic carbocycles. The average Bonchev–Trinajstić information content (AvgIpc) is 2.36. The molecular formula is C14H13Br2NO3. The fraction of sp³-hybridized carbons (Fsp3) is 0.286. The molecule has 1 atom stereocenters. The zero-order valence-corrected chi connectivity index (χ0v) is 13.7. The van der Waals surface area contributed by atoms with Gasteiger partial charge in [-0.3, -0.25) is 4.79 Å². The van der Waals surface area contributed by atoms with Gasteiger partial charge in [-0.15, -0.1) is 12.3 Å². The fourth-order valence-electron chi connectivity index (χ4n) is 1.59. The second-order valence-corrected chi connectivity index (χ2v) is 5.95. The van der Waals surface area contributed by atoms with E-state index in [1.54, 1.807) is 18.2 Å². The van der Waals surface area contributed by atoms with E-state index in [-0.39, 0.29) is 0 Å². The van der Waals surface area contributed by atoms with Gasteiger partial charge in [0, 0.05) is 20.9 Å². The summed E-state index contributed by atoms with van der Waals surface area (Å²) in [7, 11) is 0. The minimum Gasteiger partial charge on any atom is -0.480 e. The molecule has 0 fully saturated rings. The summed E-state index contributed by atoms with van der Waals surface area (Å²) in [6.07, 6.45) is 6.47. The lowest BCUT2D eigenvalue weighted by atomic mass is 10.1. The van der Waals surface area contributed by atoms with E-state index in [2.05, 4.69) is 43.1 Å². The van der Waals surface area contributed by atoms with Gasteiger partial charge in [-0.05, 0) is 31.0 Å². The summed E-state index contributed by atoms with van der Waals surface area (Å²) in [4.78, 5) is 23.1. The third-order valence-corrected chi connectivity index (χ3v) is 3.46. The molecule has 0 radical (unpaired) electrons. The second-order valence-electron chi connectivity index (χ2n) is 4.12. The van der Waals surface area contributed by atoms with E-state index < -0.39 is 17.9 Å². The first-order chi connectivity index (χ1) is 9.43. The van der Waals surface area contributed by atoms with Gasteiger partial charge in [0.1, 0.15) is 6.04 Å². The summed E-state index contributed by atoms with van der Waals surface area (Å²) in [6, 6.07) is 4.10. The maximum absolute atomic E-state index is 12.0. The first kappa shape index (κ1) is 16.7. The molecule has 0 aliphatic heterocycles. The number of carbonyl (C=O) groups is 2. The highest BCUT2D eigenvalue weighted by Crippen LogP contribution is 2.20. The van der Waals surface area contributed by atoms with Crippen molar-refractivity contribution in [2.45, 2.75) is 25.3 Å². The molecule has 0 unspecified atom stereocenters. The summed E-state index contributed by atoms with van der Waals surface area (Å²) < 4.78 is 1.47. The van der Waals surface area contributed by atoms with Crippen LogP contribution >= 0.6 is 31.9 Å². The number of terminal acetylenes is 1. The number of carbonyl (C=O) groups excluding carboxylic acids is 1. The van der Waals surface area contributed by atoms with Crippen LogP contribution in [-0.4, -0.2) is 23.0 Å². The van der Waals surface area contributed by atoms with Crippen LogP contribution in [0.4, 0.5) is 0 Å². The third kappa shape index (κ3) is 5.35. The fourth-order valence-corrected chi connectivity index (χ4v) is 2.89. The number of halogens is 2. The number of benzene rings is 1. The van der Waals surface area contributed by atoms with Crippen molar-refractivity contribution >= 4 is 43.7 Å². The van der Waals surface area contributed by atoms with Crippen molar-refractivity contribution in [3.8, 4) is 12.3 Å². The van der Waals surface area contributed by atoms with Gasteiger partial charge in [0.2, 0.25) is 0 Å². The molecule has 1 rings (SSSR count). The molecule has 0 bridgehead atoms. The molecule has 0 spiro atoms. The molecule has 0 heterocycles. The lowest BCUT2D eigenvalue weighted by Crippen LogP contribution is -2.40.